The fraction of sp³-hybridized carbons (Fsp3) is 0.208. The van der Waals surface area contributed by atoms with Gasteiger partial charge < -0.3 is 9.84 Å². The van der Waals surface area contributed by atoms with E-state index in [1.165, 1.54) is 24.4 Å². The summed E-state index contributed by atoms with van der Waals surface area (Å²) < 4.78 is 101. The van der Waals surface area contributed by atoms with Crippen LogP contribution in [0.15, 0.2) is 70.7 Å². The highest BCUT2D eigenvalue weighted by atomic mass is 32.2. The van der Waals surface area contributed by atoms with Crippen LogP contribution in [0.1, 0.15) is 17.5 Å². The molecule has 2 amide bonds. The molecule has 12 nitrogen and oxygen atoms in total. The smallest absolute Gasteiger partial charge is 0.416 e. The average Bonchev–Trinajstić information content (AvgIpc) is 2.87. The number of hydrogen-bond acceptors (Lipinski definition) is 8. The zero-order valence-corrected chi connectivity index (χ0v) is 22.5. The van der Waals surface area contributed by atoms with Gasteiger partial charge in [0.15, 0.2) is 5.03 Å². The molecule has 0 aliphatic carbocycles. The number of pyridine rings is 1. The minimum atomic E-state index is -4.84. The monoisotopic (exact) mass is 614 g/mol. The van der Waals surface area contributed by atoms with E-state index < -0.39 is 72.8 Å². The molecular formula is C24H21F3N4O8S2. The zero-order valence-electron chi connectivity index (χ0n) is 20.9. The Kier molecular flexibility index (Phi) is 7.86. The highest BCUT2D eigenvalue weighted by molar-refractivity contribution is 7.92. The first kappa shape index (κ1) is 29.6. The molecule has 1 aromatic heterocycles. The van der Waals surface area contributed by atoms with Gasteiger partial charge in [-0.05, 0) is 61.0 Å². The van der Waals surface area contributed by atoms with Crippen molar-refractivity contribution in [2.24, 2.45) is 0 Å². The number of amides is 2. The predicted molar refractivity (Wildman–Crippen MR) is 137 cm³/mol. The quantitative estimate of drug-likeness (QED) is 0.361. The summed E-state index contributed by atoms with van der Waals surface area (Å²) in [6.45, 7) is 0.991. The summed E-state index contributed by atoms with van der Waals surface area (Å²) in [6, 6.07) is 9.30. The van der Waals surface area contributed by atoms with Crippen molar-refractivity contribution in [1.29, 1.82) is 0 Å². The number of sulfonamides is 2. The average molecular weight is 615 g/mol. The number of nitrogens with zero attached hydrogens (tertiary/aromatic N) is 2. The summed E-state index contributed by atoms with van der Waals surface area (Å²) in [5.74, 6) is -1.22. The fourth-order valence-electron chi connectivity index (χ4n) is 3.91. The molecule has 17 heteroatoms. The summed E-state index contributed by atoms with van der Waals surface area (Å²) in [5, 5.41) is 10.6. The number of alkyl halides is 3. The number of ether oxygens (including phenoxy) is 1. The van der Waals surface area contributed by atoms with Crippen LogP contribution in [0.4, 0.5) is 29.3 Å². The topological polar surface area (TPSA) is 172 Å². The Morgan fingerprint density at radius 1 is 1.10 bits per heavy atom. The molecule has 218 valence electrons. The van der Waals surface area contributed by atoms with Gasteiger partial charge in [0.2, 0.25) is 5.91 Å². The molecule has 3 N–H and O–H groups in total. The molecule has 2 aromatic carbocycles. The maximum absolute atomic E-state index is 13.6. The van der Waals surface area contributed by atoms with Gasteiger partial charge in [0.1, 0.15) is 11.9 Å². The van der Waals surface area contributed by atoms with Gasteiger partial charge in [-0.25, -0.2) is 22.9 Å². The summed E-state index contributed by atoms with van der Waals surface area (Å²) in [7, 11) is -9.12. The van der Waals surface area contributed by atoms with Gasteiger partial charge in [-0.2, -0.15) is 21.6 Å². The molecule has 0 radical (unpaired) electrons. The molecule has 0 spiro atoms. The van der Waals surface area contributed by atoms with Gasteiger partial charge in [0.05, 0.1) is 29.1 Å². The highest BCUT2D eigenvalue weighted by Gasteiger charge is 2.38. The molecule has 1 aliphatic rings. The Morgan fingerprint density at radius 2 is 1.83 bits per heavy atom. The first-order valence-electron chi connectivity index (χ1n) is 11.6. The van der Waals surface area contributed by atoms with Crippen molar-refractivity contribution in [2.45, 2.75) is 35.5 Å². The molecule has 2 heterocycles. The van der Waals surface area contributed by atoms with Crippen molar-refractivity contribution in [2.75, 3.05) is 16.2 Å². The Labute approximate surface area is 231 Å². The van der Waals surface area contributed by atoms with Crippen molar-refractivity contribution in [3.05, 3.63) is 71.9 Å². The van der Waals surface area contributed by atoms with Crippen molar-refractivity contribution in [3.63, 3.8) is 0 Å². The van der Waals surface area contributed by atoms with Crippen molar-refractivity contribution in [1.82, 2.24) is 9.71 Å². The molecule has 0 saturated heterocycles. The van der Waals surface area contributed by atoms with E-state index in [1.54, 1.807) is 13.0 Å². The van der Waals surface area contributed by atoms with Crippen LogP contribution in [0, 0.1) is 6.92 Å². The van der Waals surface area contributed by atoms with E-state index in [-0.39, 0.29) is 17.1 Å². The Morgan fingerprint density at radius 3 is 2.49 bits per heavy atom. The van der Waals surface area contributed by atoms with Gasteiger partial charge in [0, 0.05) is 11.9 Å². The summed E-state index contributed by atoms with van der Waals surface area (Å²) in [4.78, 5) is 26.8. The minimum Gasteiger partial charge on any atom is -0.486 e. The van der Waals surface area contributed by atoms with E-state index in [4.69, 9.17) is 9.84 Å². The summed E-state index contributed by atoms with van der Waals surface area (Å²) >= 11 is 0. The lowest BCUT2D eigenvalue weighted by Crippen LogP contribution is -2.46. The van der Waals surface area contributed by atoms with Crippen molar-refractivity contribution < 1.29 is 49.4 Å². The molecule has 3 aromatic rings. The number of aromatic nitrogens is 1. The standard InChI is InChI=1S/C24H21F3N4O8S2/c1-14-7-8-28-22(9-14)40(35,36)30-21(32)12-17-13-31(19-11-16(29-23(33)34)5-6-20(19)39-17)41(37,38)18-4-2-3-15(10-18)24(25,26)27/h2-11,17,29H,12-13H2,1H3,(H,30,32)(H,33,34). The molecule has 0 saturated carbocycles. The minimum absolute atomic E-state index is 0.0722. The van der Waals surface area contributed by atoms with Gasteiger partial charge in [-0.1, -0.05) is 6.07 Å². The Hall–Kier alpha value is -4.38. The van der Waals surface area contributed by atoms with Crippen molar-refractivity contribution >= 4 is 43.4 Å². The molecule has 0 bridgehead atoms. The van der Waals surface area contributed by atoms with E-state index in [2.05, 4.69) is 4.98 Å². The van der Waals surface area contributed by atoms with Crippen LogP contribution in [0.3, 0.4) is 0 Å². The third-order valence-corrected chi connectivity index (χ3v) is 8.76. The van der Waals surface area contributed by atoms with Gasteiger partial charge in [-0.3, -0.25) is 14.4 Å². The number of nitrogens with one attached hydrogen (secondary N) is 2. The maximum atomic E-state index is 13.6. The van der Waals surface area contributed by atoms with Crippen LogP contribution in [0.25, 0.3) is 0 Å². The van der Waals surface area contributed by atoms with Gasteiger partial charge in [0.25, 0.3) is 20.0 Å². The Balaban J connectivity index is 1.67. The number of carbonyl (C=O) groups is 2. The zero-order chi connectivity index (χ0) is 30.2. The first-order chi connectivity index (χ1) is 19.1. The summed E-state index contributed by atoms with van der Waals surface area (Å²) in [5.41, 5.74) is -0.953. The lowest BCUT2D eigenvalue weighted by Gasteiger charge is -2.35. The number of benzene rings is 2. The van der Waals surface area contributed by atoms with Crippen LogP contribution in [-0.2, 0) is 31.0 Å². The molecule has 0 fully saturated rings. The van der Waals surface area contributed by atoms with Crippen LogP contribution >= 0.6 is 0 Å². The third-order valence-electron chi connectivity index (χ3n) is 5.72. The van der Waals surface area contributed by atoms with E-state index in [9.17, 15) is 39.6 Å². The van der Waals surface area contributed by atoms with Crippen LogP contribution < -0.4 is 19.1 Å². The maximum Gasteiger partial charge on any atom is 0.416 e. The van der Waals surface area contributed by atoms with E-state index >= 15 is 0 Å². The van der Waals surface area contributed by atoms with Gasteiger partial charge in [-0.15, -0.1) is 0 Å². The van der Waals surface area contributed by atoms with E-state index in [0.29, 0.717) is 22.0 Å². The molecule has 1 aliphatic heterocycles. The first-order valence-corrected chi connectivity index (χ1v) is 14.5. The SMILES string of the molecule is Cc1ccnc(S(=O)(=O)NC(=O)CC2CN(S(=O)(=O)c3cccc(C(F)(F)F)c3)c3cc(NC(=O)O)ccc3O2)c1. The number of hydrogen-bond donors (Lipinski definition) is 3. The number of carbonyl (C=O) groups excluding carboxylic acids is 1. The number of fused-ring (bicyclic) bond motifs is 1. The lowest BCUT2D eigenvalue weighted by molar-refractivity contribution is -0.137. The Bertz CT molecular complexity index is 1730. The molecule has 4 rings (SSSR count). The second-order valence-corrected chi connectivity index (χ2v) is 12.3. The van der Waals surface area contributed by atoms with Crippen LogP contribution in [0.2, 0.25) is 0 Å². The molecule has 1 unspecified atom stereocenters. The second-order valence-electron chi connectivity index (χ2n) is 8.82. The molecular weight excluding hydrogens is 593 g/mol. The molecule has 1 atom stereocenters. The number of aryl methyl sites for hydroxylation is 1. The fourth-order valence-corrected chi connectivity index (χ4v) is 6.49. The van der Waals surface area contributed by atoms with Crippen molar-refractivity contribution in [3.8, 4) is 5.75 Å². The van der Waals surface area contributed by atoms with E-state index in [0.717, 1.165) is 18.2 Å². The highest BCUT2D eigenvalue weighted by Crippen LogP contribution is 2.40. The summed E-state index contributed by atoms with van der Waals surface area (Å²) in [6.07, 6.45) is -7.03. The largest absolute Gasteiger partial charge is 0.486 e. The lowest BCUT2D eigenvalue weighted by atomic mass is 10.1. The van der Waals surface area contributed by atoms with Gasteiger partial charge >= 0.3 is 12.3 Å². The predicted octanol–water partition coefficient (Wildman–Crippen LogP) is 3.35. The normalized spacial score (nSPS) is 15.4. The van der Waals surface area contributed by atoms with Crippen LogP contribution in [0.5, 0.6) is 5.75 Å². The number of anilines is 2. The van der Waals surface area contributed by atoms with E-state index in [1.807, 2.05) is 10.0 Å². The second kappa shape index (κ2) is 10.9. The van der Waals surface area contributed by atoms with Crippen LogP contribution in [-0.4, -0.2) is 51.6 Å². The number of halogens is 3. The molecule has 41 heavy (non-hydrogen) atoms. The number of rotatable bonds is 7. The third kappa shape index (κ3) is 6.68. The number of carboxylic acid groups (broad SMARTS) is 1.